The molecule has 0 bridgehead atoms. The summed E-state index contributed by atoms with van der Waals surface area (Å²) < 4.78 is 0. The van der Waals surface area contributed by atoms with Gasteiger partial charge in [-0.15, -0.1) is 0 Å². The van der Waals surface area contributed by atoms with Crippen molar-refractivity contribution in [3.63, 3.8) is 0 Å². The Morgan fingerprint density at radius 1 is 1.00 bits per heavy atom. The van der Waals surface area contributed by atoms with Gasteiger partial charge < -0.3 is 0 Å². The van der Waals surface area contributed by atoms with Gasteiger partial charge in [0.25, 0.3) is 0 Å². The van der Waals surface area contributed by atoms with Gasteiger partial charge in [-0.2, -0.15) is 0 Å². The zero-order valence-corrected chi connectivity index (χ0v) is 8.28. The lowest BCUT2D eigenvalue weighted by atomic mass is 10.4. The van der Waals surface area contributed by atoms with Crippen molar-refractivity contribution in [3.05, 3.63) is 0 Å². The minimum absolute atomic E-state index is 1.11. The molecule has 0 nitrogen and oxygen atoms in total. The molecule has 1 saturated carbocycles. The van der Waals surface area contributed by atoms with Crippen molar-refractivity contribution < 1.29 is 0 Å². The zero-order chi connectivity index (χ0) is 6.69. The molecule has 4 radical (unpaired) electrons. The van der Waals surface area contributed by atoms with E-state index in [1.54, 1.807) is 6.42 Å². The van der Waals surface area contributed by atoms with E-state index in [2.05, 4.69) is 13.1 Å². The Hall–Kier alpha value is 0.434. The second kappa shape index (κ2) is 3.57. The summed E-state index contributed by atoms with van der Waals surface area (Å²) in [5.41, 5.74) is 2.23. The number of hydrogen-bond acceptors (Lipinski definition) is 0. The first-order valence-electron chi connectivity index (χ1n) is 3.71. The van der Waals surface area contributed by atoms with Crippen LogP contribution in [0, 0.1) is 0 Å². The van der Waals surface area contributed by atoms with Crippen LogP contribution in [0.3, 0.4) is 0 Å². The summed E-state index contributed by atoms with van der Waals surface area (Å²) >= 11 is 0. The maximum Gasteiger partial charge on any atom is 0.0378 e. The molecule has 1 fully saturated rings. The summed E-state index contributed by atoms with van der Waals surface area (Å²) in [4.78, 5) is 0. The Kier molecular flexibility index (Phi) is 2.99. The molecule has 2 atom stereocenters. The van der Waals surface area contributed by atoms with Crippen LogP contribution < -0.4 is 0 Å². The number of hydrogen-bond donors (Lipinski definition) is 0. The highest BCUT2D eigenvalue weighted by Crippen LogP contribution is 2.37. The maximum atomic E-state index is 2.35. The van der Waals surface area contributed by atoms with E-state index >= 15 is 0 Å². The molecular formula is C7H14Si2. The van der Waals surface area contributed by atoms with E-state index in [9.17, 15) is 0 Å². The Labute approximate surface area is 63.1 Å². The maximum absolute atomic E-state index is 2.35. The molecule has 0 heterocycles. The summed E-state index contributed by atoms with van der Waals surface area (Å²) in [5, 5.41) is 0. The van der Waals surface area contributed by atoms with Crippen LogP contribution >= 0.6 is 0 Å². The first kappa shape index (κ1) is 7.54. The largest absolute Gasteiger partial charge is 0.0731 e. The van der Waals surface area contributed by atoms with Crippen molar-refractivity contribution in [1.82, 2.24) is 0 Å². The fourth-order valence-electron chi connectivity index (χ4n) is 1.51. The summed E-state index contributed by atoms with van der Waals surface area (Å²) in [6.45, 7) is 4.71. The number of rotatable bonds is 2. The second-order valence-corrected chi connectivity index (χ2v) is 5.57. The van der Waals surface area contributed by atoms with Crippen LogP contribution in [0.25, 0.3) is 0 Å². The first-order valence-corrected chi connectivity index (χ1v) is 6.87. The van der Waals surface area contributed by atoms with Crippen molar-refractivity contribution in [2.24, 2.45) is 0 Å². The highest BCUT2D eigenvalue weighted by Gasteiger charge is 2.21. The molecule has 2 unspecified atom stereocenters. The molecule has 1 rings (SSSR count). The van der Waals surface area contributed by atoms with E-state index in [1.165, 1.54) is 31.9 Å². The molecule has 0 aromatic heterocycles. The van der Waals surface area contributed by atoms with E-state index < -0.39 is 0 Å². The standard InChI is InChI=1S/C7H14Si2/c1-8-6-3-4-7(5-6)9-2/h6-7H,3-5H2,1-2H3. The lowest BCUT2D eigenvalue weighted by Gasteiger charge is -2.03. The van der Waals surface area contributed by atoms with E-state index in [0.29, 0.717) is 0 Å². The van der Waals surface area contributed by atoms with Gasteiger partial charge in [-0.25, -0.2) is 0 Å². The average Bonchev–Trinajstić information content (AvgIpc) is 2.34. The van der Waals surface area contributed by atoms with Crippen LogP contribution in [0.4, 0.5) is 0 Å². The monoisotopic (exact) mass is 154 g/mol. The predicted molar refractivity (Wildman–Crippen MR) is 44.6 cm³/mol. The fourth-order valence-corrected chi connectivity index (χ4v) is 3.69. The van der Waals surface area contributed by atoms with Gasteiger partial charge in [-0.05, 0) is 11.1 Å². The smallest absolute Gasteiger partial charge is 0.0378 e. The molecule has 1 aliphatic rings. The Morgan fingerprint density at radius 3 is 1.67 bits per heavy atom. The van der Waals surface area contributed by atoms with Gasteiger partial charge in [0, 0.05) is 19.0 Å². The highest BCUT2D eigenvalue weighted by atomic mass is 28.2. The molecule has 0 aliphatic heterocycles. The van der Waals surface area contributed by atoms with E-state index in [-0.39, 0.29) is 0 Å². The SMILES string of the molecule is C[Si]C1CCC([Si]C)C1. The second-order valence-electron chi connectivity index (χ2n) is 2.78. The van der Waals surface area contributed by atoms with Crippen molar-refractivity contribution in [3.8, 4) is 0 Å². The summed E-state index contributed by atoms with van der Waals surface area (Å²) in [6, 6.07) is 0. The van der Waals surface area contributed by atoms with Crippen LogP contribution in [-0.4, -0.2) is 19.0 Å². The third-order valence-corrected chi connectivity index (χ3v) is 4.93. The molecule has 9 heavy (non-hydrogen) atoms. The Morgan fingerprint density at radius 2 is 1.44 bits per heavy atom. The molecule has 1 aliphatic carbocycles. The van der Waals surface area contributed by atoms with Gasteiger partial charge in [0.2, 0.25) is 0 Å². The highest BCUT2D eigenvalue weighted by molar-refractivity contribution is 6.38. The minimum Gasteiger partial charge on any atom is -0.0731 e. The van der Waals surface area contributed by atoms with E-state index in [4.69, 9.17) is 0 Å². The molecule has 2 heteroatoms. The van der Waals surface area contributed by atoms with Gasteiger partial charge in [-0.1, -0.05) is 32.4 Å². The average molecular weight is 154 g/mol. The van der Waals surface area contributed by atoms with Gasteiger partial charge in [-0.3, -0.25) is 0 Å². The van der Waals surface area contributed by atoms with Crippen LogP contribution in [0.5, 0.6) is 0 Å². The first-order chi connectivity index (χ1) is 4.36. The van der Waals surface area contributed by atoms with Crippen molar-refractivity contribution in [1.29, 1.82) is 0 Å². The lowest BCUT2D eigenvalue weighted by molar-refractivity contribution is 0.865. The fraction of sp³-hybridized carbons (Fsp3) is 1.00. The van der Waals surface area contributed by atoms with Crippen molar-refractivity contribution in [2.75, 3.05) is 0 Å². The van der Waals surface area contributed by atoms with Crippen molar-refractivity contribution >= 4 is 19.0 Å². The van der Waals surface area contributed by atoms with Gasteiger partial charge >= 0.3 is 0 Å². The lowest BCUT2D eigenvalue weighted by Crippen LogP contribution is -1.96. The Balaban J connectivity index is 2.20. The zero-order valence-electron chi connectivity index (χ0n) is 6.28. The van der Waals surface area contributed by atoms with Crippen molar-refractivity contribution in [2.45, 2.75) is 43.4 Å². The molecule has 0 N–H and O–H groups in total. The topological polar surface area (TPSA) is 0 Å². The molecule has 0 aromatic carbocycles. The van der Waals surface area contributed by atoms with Crippen LogP contribution in [0.15, 0.2) is 0 Å². The summed E-state index contributed by atoms with van der Waals surface area (Å²) in [5.74, 6) is 0. The predicted octanol–water partition coefficient (Wildman–Crippen LogP) is 2.25. The summed E-state index contributed by atoms with van der Waals surface area (Å²) in [7, 11) is 2.41. The normalized spacial score (nSPS) is 35.3. The molecule has 50 valence electrons. The molecule has 0 spiro atoms. The quantitative estimate of drug-likeness (QED) is 0.535. The van der Waals surface area contributed by atoms with Crippen LogP contribution in [0.2, 0.25) is 24.2 Å². The van der Waals surface area contributed by atoms with Crippen LogP contribution in [-0.2, 0) is 0 Å². The molecular weight excluding hydrogens is 140 g/mol. The van der Waals surface area contributed by atoms with Gasteiger partial charge in [0.1, 0.15) is 0 Å². The van der Waals surface area contributed by atoms with Gasteiger partial charge in [0.05, 0.1) is 0 Å². The summed E-state index contributed by atoms with van der Waals surface area (Å²) in [6.07, 6.45) is 4.60. The van der Waals surface area contributed by atoms with Gasteiger partial charge in [0.15, 0.2) is 0 Å². The molecule has 0 saturated heterocycles. The van der Waals surface area contributed by atoms with E-state index in [1.807, 2.05) is 0 Å². The minimum atomic E-state index is 1.11. The third kappa shape index (κ3) is 1.93. The molecule has 0 amide bonds. The molecule has 0 aromatic rings. The Bertz CT molecular complexity index is 73.0. The van der Waals surface area contributed by atoms with E-state index in [0.717, 1.165) is 11.1 Å². The third-order valence-electron chi connectivity index (χ3n) is 2.25. The van der Waals surface area contributed by atoms with Crippen LogP contribution in [0.1, 0.15) is 19.3 Å².